The Labute approximate surface area is 125 Å². The van der Waals surface area contributed by atoms with Crippen LogP contribution in [0.5, 0.6) is 0 Å². The molecule has 0 aliphatic carbocycles. The standard InChI is InChI=1S/C10H11BrN4O2S2/c1-15-10(13-8(16)9(17)14-15)19-7(3-12)6-2-5(11)4-18-6/h2,4,7H,3,12H2,1H3,(H,14,17). The topological polar surface area (TPSA) is 93.8 Å². The van der Waals surface area contributed by atoms with E-state index < -0.39 is 11.1 Å². The summed E-state index contributed by atoms with van der Waals surface area (Å²) in [7, 11) is 1.63. The van der Waals surface area contributed by atoms with Crippen LogP contribution >= 0.6 is 39.0 Å². The molecule has 0 fully saturated rings. The Morgan fingerprint density at radius 3 is 2.95 bits per heavy atom. The normalized spacial score (nSPS) is 12.6. The molecule has 0 aliphatic heterocycles. The van der Waals surface area contributed by atoms with Crippen molar-refractivity contribution in [1.29, 1.82) is 0 Å². The molecule has 0 bridgehead atoms. The highest BCUT2D eigenvalue weighted by Gasteiger charge is 2.16. The number of H-pyrrole nitrogens is 1. The fraction of sp³-hybridized carbons (Fsp3) is 0.300. The van der Waals surface area contributed by atoms with E-state index in [4.69, 9.17) is 5.73 Å². The molecule has 3 N–H and O–H groups in total. The van der Waals surface area contributed by atoms with Crippen LogP contribution in [-0.4, -0.2) is 21.3 Å². The van der Waals surface area contributed by atoms with Gasteiger partial charge < -0.3 is 5.73 Å². The maximum absolute atomic E-state index is 11.3. The number of nitrogens with two attached hydrogens (primary N) is 1. The second-order valence-electron chi connectivity index (χ2n) is 3.71. The van der Waals surface area contributed by atoms with Crippen LogP contribution in [0.25, 0.3) is 0 Å². The van der Waals surface area contributed by atoms with Gasteiger partial charge in [0.15, 0.2) is 5.16 Å². The van der Waals surface area contributed by atoms with Crippen LogP contribution in [0.3, 0.4) is 0 Å². The van der Waals surface area contributed by atoms with Crippen LogP contribution in [0.15, 0.2) is 30.7 Å². The van der Waals surface area contributed by atoms with Gasteiger partial charge in [-0.25, -0.2) is 0 Å². The molecule has 102 valence electrons. The third-order valence-corrected chi connectivity index (χ3v) is 5.58. The van der Waals surface area contributed by atoms with Gasteiger partial charge in [-0.2, -0.15) is 4.98 Å². The Hall–Kier alpha value is -0.900. The van der Waals surface area contributed by atoms with Crippen molar-refractivity contribution in [2.45, 2.75) is 10.4 Å². The minimum absolute atomic E-state index is 0.0136. The summed E-state index contributed by atoms with van der Waals surface area (Å²) < 4.78 is 2.43. The van der Waals surface area contributed by atoms with Gasteiger partial charge in [-0.3, -0.25) is 19.4 Å². The van der Waals surface area contributed by atoms with Crippen molar-refractivity contribution in [3.63, 3.8) is 0 Å². The van der Waals surface area contributed by atoms with E-state index in [2.05, 4.69) is 26.0 Å². The number of aromatic nitrogens is 3. The number of nitrogens with one attached hydrogen (secondary N) is 1. The monoisotopic (exact) mass is 362 g/mol. The maximum Gasteiger partial charge on any atom is 0.339 e. The summed E-state index contributed by atoms with van der Waals surface area (Å²) >= 11 is 6.32. The minimum atomic E-state index is -0.788. The highest BCUT2D eigenvalue weighted by Crippen LogP contribution is 2.36. The molecule has 0 saturated heterocycles. The predicted octanol–water partition coefficient (Wildman–Crippen LogP) is 1.08. The first-order chi connectivity index (χ1) is 9.01. The molecular formula is C10H11BrN4O2S2. The molecule has 2 aromatic rings. The molecule has 1 unspecified atom stereocenters. The van der Waals surface area contributed by atoms with Gasteiger partial charge in [-0.05, 0) is 22.0 Å². The Bertz CT molecular complexity index is 693. The second-order valence-corrected chi connectivity index (χ2v) is 6.74. The number of nitrogens with zero attached hydrogens (tertiary/aromatic N) is 2. The molecule has 0 saturated carbocycles. The quantitative estimate of drug-likeness (QED) is 0.626. The van der Waals surface area contributed by atoms with E-state index in [1.165, 1.54) is 16.4 Å². The summed E-state index contributed by atoms with van der Waals surface area (Å²) in [6, 6.07) is 1.99. The zero-order chi connectivity index (χ0) is 14.0. The van der Waals surface area contributed by atoms with Gasteiger partial charge >= 0.3 is 11.1 Å². The lowest BCUT2D eigenvalue weighted by Gasteiger charge is -2.13. The fourth-order valence-corrected chi connectivity index (χ4v) is 4.04. The zero-order valence-electron chi connectivity index (χ0n) is 9.92. The lowest BCUT2D eigenvalue weighted by Crippen LogP contribution is -2.34. The van der Waals surface area contributed by atoms with E-state index >= 15 is 0 Å². The lowest BCUT2D eigenvalue weighted by molar-refractivity contribution is 0.595. The lowest BCUT2D eigenvalue weighted by atomic mass is 10.3. The highest BCUT2D eigenvalue weighted by molar-refractivity contribution is 9.10. The molecule has 9 heteroatoms. The summed E-state index contributed by atoms with van der Waals surface area (Å²) in [5, 5.41) is 4.80. The molecule has 0 aromatic carbocycles. The zero-order valence-corrected chi connectivity index (χ0v) is 13.1. The summed E-state index contributed by atoms with van der Waals surface area (Å²) in [5.74, 6) is 0. The number of hydrogen-bond donors (Lipinski definition) is 2. The number of halogens is 1. The summed E-state index contributed by atoms with van der Waals surface area (Å²) in [5.41, 5.74) is 4.25. The van der Waals surface area contributed by atoms with Crippen molar-refractivity contribution in [2.24, 2.45) is 12.8 Å². The van der Waals surface area contributed by atoms with Crippen LogP contribution in [0.2, 0.25) is 0 Å². The summed E-state index contributed by atoms with van der Waals surface area (Å²) in [6.45, 7) is 0.409. The van der Waals surface area contributed by atoms with Crippen molar-refractivity contribution in [1.82, 2.24) is 14.8 Å². The van der Waals surface area contributed by atoms with E-state index in [0.717, 1.165) is 9.35 Å². The summed E-state index contributed by atoms with van der Waals surface area (Å²) in [4.78, 5) is 27.3. The largest absolute Gasteiger partial charge is 0.339 e. The average molecular weight is 363 g/mol. The predicted molar refractivity (Wildman–Crippen MR) is 79.8 cm³/mol. The van der Waals surface area contributed by atoms with Crippen LogP contribution in [-0.2, 0) is 7.05 Å². The smallest absolute Gasteiger partial charge is 0.329 e. The SMILES string of the molecule is Cn1[nH]c(=O)c(=O)nc1SC(CN)c1cc(Br)cs1. The number of aromatic amines is 1. The fourth-order valence-electron chi connectivity index (χ4n) is 1.41. The van der Waals surface area contributed by atoms with Gasteiger partial charge in [0.2, 0.25) is 0 Å². The van der Waals surface area contributed by atoms with E-state index in [9.17, 15) is 9.59 Å². The molecule has 0 radical (unpaired) electrons. The number of rotatable bonds is 4. The van der Waals surface area contributed by atoms with E-state index in [0.29, 0.717) is 11.7 Å². The summed E-state index contributed by atoms with van der Waals surface area (Å²) in [6.07, 6.45) is 0. The van der Waals surface area contributed by atoms with Gasteiger partial charge in [0, 0.05) is 28.3 Å². The third-order valence-electron chi connectivity index (χ3n) is 2.31. The molecule has 1 atom stereocenters. The molecule has 2 heterocycles. The first-order valence-electron chi connectivity index (χ1n) is 5.29. The Balaban J connectivity index is 2.31. The number of thioether (sulfide) groups is 1. The average Bonchev–Trinajstić information content (AvgIpc) is 2.78. The van der Waals surface area contributed by atoms with E-state index in [1.807, 2.05) is 11.4 Å². The minimum Gasteiger partial charge on any atom is -0.329 e. The second kappa shape index (κ2) is 6.04. The molecule has 0 spiro atoms. The van der Waals surface area contributed by atoms with Gasteiger partial charge in [0.1, 0.15) is 0 Å². The molecule has 19 heavy (non-hydrogen) atoms. The van der Waals surface area contributed by atoms with Crippen molar-refractivity contribution in [2.75, 3.05) is 6.54 Å². The Morgan fingerprint density at radius 2 is 2.37 bits per heavy atom. The molecule has 2 rings (SSSR count). The third kappa shape index (κ3) is 3.35. The van der Waals surface area contributed by atoms with Gasteiger partial charge in [0.25, 0.3) is 0 Å². The van der Waals surface area contributed by atoms with Gasteiger partial charge in [-0.15, -0.1) is 11.3 Å². The molecule has 6 nitrogen and oxygen atoms in total. The number of thiophene rings is 1. The molecule has 2 aromatic heterocycles. The molecular weight excluding hydrogens is 352 g/mol. The van der Waals surface area contributed by atoms with Crippen molar-refractivity contribution in [3.8, 4) is 0 Å². The Kier molecular flexibility index (Phi) is 4.61. The van der Waals surface area contributed by atoms with Crippen LogP contribution in [0, 0.1) is 0 Å². The molecule has 0 amide bonds. The van der Waals surface area contributed by atoms with E-state index in [-0.39, 0.29) is 5.25 Å². The van der Waals surface area contributed by atoms with Crippen molar-refractivity contribution in [3.05, 3.63) is 41.5 Å². The number of hydrogen-bond acceptors (Lipinski definition) is 6. The van der Waals surface area contributed by atoms with Crippen LogP contribution < -0.4 is 16.9 Å². The van der Waals surface area contributed by atoms with Gasteiger partial charge in [0.05, 0.1) is 5.25 Å². The Morgan fingerprint density at radius 1 is 1.63 bits per heavy atom. The van der Waals surface area contributed by atoms with Crippen molar-refractivity contribution >= 4 is 39.0 Å². The van der Waals surface area contributed by atoms with Crippen LogP contribution in [0.1, 0.15) is 10.1 Å². The first kappa shape index (κ1) is 14.5. The number of aryl methyl sites for hydroxylation is 1. The van der Waals surface area contributed by atoms with Gasteiger partial charge in [-0.1, -0.05) is 11.8 Å². The highest BCUT2D eigenvalue weighted by atomic mass is 79.9. The molecule has 0 aliphatic rings. The maximum atomic E-state index is 11.3. The first-order valence-corrected chi connectivity index (χ1v) is 7.84. The van der Waals surface area contributed by atoms with Crippen molar-refractivity contribution < 1.29 is 0 Å². The van der Waals surface area contributed by atoms with E-state index in [1.54, 1.807) is 18.4 Å². The van der Waals surface area contributed by atoms with Crippen LogP contribution in [0.4, 0.5) is 0 Å².